The molecular formula is C25H27N5O4. The normalized spacial score (nSPS) is 20.1. The molecule has 0 radical (unpaired) electrons. The zero-order valence-corrected chi connectivity index (χ0v) is 18.8. The maximum atomic E-state index is 12.9. The van der Waals surface area contributed by atoms with Crippen LogP contribution in [0.2, 0.25) is 0 Å². The van der Waals surface area contributed by atoms with Gasteiger partial charge in [0, 0.05) is 26.1 Å². The number of carbonyl (C=O) groups is 2. The number of carbonyl (C=O) groups excluding carboxylic acids is 2. The Morgan fingerprint density at radius 1 is 1.09 bits per heavy atom. The monoisotopic (exact) mass is 461 g/mol. The van der Waals surface area contributed by atoms with Crippen LogP contribution < -0.4 is 10.1 Å². The predicted molar refractivity (Wildman–Crippen MR) is 123 cm³/mol. The second-order valence-corrected chi connectivity index (χ2v) is 8.66. The molecule has 1 fully saturated rings. The number of nitrogens with zero attached hydrogens (tertiary/aromatic N) is 4. The van der Waals surface area contributed by atoms with E-state index >= 15 is 0 Å². The van der Waals surface area contributed by atoms with Crippen LogP contribution in [0.15, 0.2) is 61.2 Å². The Morgan fingerprint density at radius 3 is 2.68 bits per heavy atom. The number of fused-ring (bicyclic) bond motifs is 5. The number of aromatic nitrogens is 3. The van der Waals surface area contributed by atoms with Crippen molar-refractivity contribution in [1.29, 1.82) is 0 Å². The van der Waals surface area contributed by atoms with Gasteiger partial charge in [-0.1, -0.05) is 24.3 Å². The van der Waals surface area contributed by atoms with Gasteiger partial charge in [-0.25, -0.2) is 4.98 Å². The van der Waals surface area contributed by atoms with Gasteiger partial charge in [0.15, 0.2) is 0 Å². The Balaban J connectivity index is 1.29. The van der Waals surface area contributed by atoms with E-state index in [9.17, 15) is 9.59 Å². The number of ether oxygens (including phenoxy) is 2. The van der Waals surface area contributed by atoms with Gasteiger partial charge in [-0.2, -0.15) is 5.10 Å². The van der Waals surface area contributed by atoms with Crippen molar-refractivity contribution in [2.24, 2.45) is 0 Å². The van der Waals surface area contributed by atoms with Crippen molar-refractivity contribution < 1.29 is 19.1 Å². The van der Waals surface area contributed by atoms with Crippen molar-refractivity contribution in [1.82, 2.24) is 25.0 Å². The van der Waals surface area contributed by atoms with Crippen LogP contribution in [0.3, 0.4) is 0 Å². The molecule has 4 bridgehead atoms. The molecular weight excluding hydrogens is 434 g/mol. The van der Waals surface area contributed by atoms with E-state index < -0.39 is 0 Å². The Bertz CT molecular complexity index is 1150. The Kier molecular flexibility index (Phi) is 6.53. The quantitative estimate of drug-likeness (QED) is 0.640. The number of amides is 2. The topological polar surface area (TPSA) is 98.6 Å². The first-order valence-electron chi connectivity index (χ1n) is 11.5. The standard InChI is InChI=1S/C25H27N5O4/c31-24-12-18-4-1-6-20(10-18)34-21-7-2-5-19(11-21)15-33-23-14-29(13-22(23)28-24)25(32)8-3-9-30-17-26-16-27-30/h1-2,4-7,10-11,16-17,22-23H,3,8-9,12-15H2,(H,28,31)/t22-,23-/m0/s1. The smallest absolute Gasteiger partial charge is 0.224 e. The molecule has 5 rings (SSSR count). The summed E-state index contributed by atoms with van der Waals surface area (Å²) in [5.41, 5.74) is 1.83. The van der Waals surface area contributed by atoms with Crippen molar-refractivity contribution in [3.63, 3.8) is 0 Å². The van der Waals surface area contributed by atoms with Gasteiger partial charge in [0.25, 0.3) is 0 Å². The lowest BCUT2D eigenvalue weighted by molar-refractivity contribution is -0.131. The second kappa shape index (κ2) is 10.0. The molecule has 0 saturated carbocycles. The maximum Gasteiger partial charge on any atom is 0.224 e. The fourth-order valence-corrected chi connectivity index (χ4v) is 4.38. The van der Waals surface area contributed by atoms with Crippen molar-refractivity contribution in [2.75, 3.05) is 13.1 Å². The van der Waals surface area contributed by atoms with E-state index in [2.05, 4.69) is 15.4 Å². The van der Waals surface area contributed by atoms with Crippen molar-refractivity contribution in [2.45, 2.75) is 44.6 Å². The number of rotatable bonds is 4. The molecule has 3 heterocycles. The van der Waals surface area contributed by atoms with Gasteiger partial charge in [-0.05, 0) is 41.8 Å². The summed E-state index contributed by atoms with van der Waals surface area (Å²) in [5, 5.41) is 7.16. The zero-order valence-electron chi connectivity index (χ0n) is 18.8. The summed E-state index contributed by atoms with van der Waals surface area (Å²) in [6.45, 7) is 1.88. The van der Waals surface area contributed by atoms with Gasteiger partial charge in [-0.15, -0.1) is 0 Å². The first-order chi connectivity index (χ1) is 16.6. The highest BCUT2D eigenvalue weighted by molar-refractivity contribution is 5.80. The molecule has 176 valence electrons. The molecule has 9 heteroatoms. The highest BCUT2D eigenvalue weighted by atomic mass is 16.5. The molecule has 2 atom stereocenters. The van der Waals surface area contributed by atoms with Crippen LogP contribution in [-0.4, -0.2) is 56.7 Å². The minimum Gasteiger partial charge on any atom is -0.457 e. The third-order valence-electron chi connectivity index (χ3n) is 6.07. The van der Waals surface area contributed by atoms with E-state index in [1.165, 1.54) is 6.33 Å². The minimum atomic E-state index is -0.290. The number of aryl methyl sites for hydroxylation is 1. The lowest BCUT2D eigenvalue weighted by atomic mass is 10.1. The first kappa shape index (κ1) is 22.1. The third-order valence-corrected chi connectivity index (χ3v) is 6.07. The summed E-state index contributed by atoms with van der Waals surface area (Å²) in [6.07, 6.45) is 4.14. The van der Waals surface area contributed by atoms with Crippen LogP contribution in [0.1, 0.15) is 24.0 Å². The molecule has 1 aromatic heterocycles. The van der Waals surface area contributed by atoms with Crippen LogP contribution >= 0.6 is 0 Å². The molecule has 1 N–H and O–H groups in total. The van der Waals surface area contributed by atoms with E-state index in [1.54, 1.807) is 15.9 Å². The van der Waals surface area contributed by atoms with Crippen LogP contribution in [0, 0.1) is 0 Å². The summed E-state index contributed by atoms with van der Waals surface area (Å²) in [6, 6.07) is 15.0. The third kappa shape index (κ3) is 5.43. The van der Waals surface area contributed by atoms with E-state index in [-0.39, 0.29) is 30.4 Å². The zero-order chi connectivity index (χ0) is 23.3. The van der Waals surface area contributed by atoms with Gasteiger partial charge in [0.2, 0.25) is 11.8 Å². The molecule has 3 aromatic rings. The number of nitrogens with one attached hydrogen (secondary N) is 1. The largest absolute Gasteiger partial charge is 0.457 e. The lowest BCUT2D eigenvalue weighted by Crippen LogP contribution is -2.44. The van der Waals surface area contributed by atoms with Gasteiger partial charge in [0.05, 0.1) is 25.2 Å². The SMILES string of the molecule is O=C1Cc2cccc(c2)Oc2cccc(c2)CO[C@H]2CN(C(=O)CCCn3cncn3)C[C@@H]2N1. The van der Waals surface area contributed by atoms with E-state index in [1.807, 2.05) is 48.5 Å². The first-order valence-corrected chi connectivity index (χ1v) is 11.5. The highest BCUT2D eigenvalue weighted by Gasteiger charge is 2.36. The maximum absolute atomic E-state index is 12.9. The number of hydrogen-bond donors (Lipinski definition) is 1. The number of likely N-dealkylation sites (tertiary alicyclic amines) is 1. The molecule has 9 nitrogen and oxygen atoms in total. The average molecular weight is 462 g/mol. The van der Waals surface area contributed by atoms with Crippen molar-refractivity contribution in [3.8, 4) is 11.5 Å². The van der Waals surface area contributed by atoms with Crippen LogP contribution in [0.4, 0.5) is 0 Å². The molecule has 2 amide bonds. The number of hydrogen-bond acceptors (Lipinski definition) is 6. The van der Waals surface area contributed by atoms with Gasteiger partial charge < -0.3 is 19.7 Å². The van der Waals surface area contributed by atoms with Gasteiger partial charge in [0.1, 0.15) is 24.2 Å². The summed E-state index contributed by atoms with van der Waals surface area (Å²) < 4.78 is 13.9. The fraction of sp³-hybridized carbons (Fsp3) is 0.360. The average Bonchev–Trinajstić information content (AvgIpc) is 3.48. The number of benzene rings is 2. The van der Waals surface area contributed by atoms with Gasteiger partial charge >= 0.3 is 0 Å². The Labute approximate surface area is 197 Å². The summed E-state index contributed by atoms with van der Waals surface area (Å²) >= 11 is 0. The Morgan fingerprint density at radius 2 is 1.88 bits per heavy atom. The predicted octanol–water partition coefficient (Wildman–Crippen LogP) is 2.32. The summed E-state index contributed by atoms with van der Waals surface area (Å²) in [5.74, 6) is 1.34. The van der Waals surface area contributed by atoms with Gasteiger partial charge in [-0.3, -0.25) is 14.3 Å². The molecule has 34 heavy (non-hydrogen) atoms. The van der Waals surface area contributed by atoms with Crippen LogP contribution in [-0.2, 0) is 33.9 Å². The van der Waals surface area contributed by atoms with E-state index in [4.69, 9.17) is 9.47 Å². The molecule has 2 aromatic carbocycles. The van der Waals surface area contributed by atoms with E-state index in [0.717, 1.165) is 11.1 Å². The second-order valence-electron chi connectivity index (χ2n) is 8.66. The summed E-state index contributed by atoms with van der Waals surface area (Å²) in [7, 11) is 0. The van der Waals surface area contributed by atoms with Crippen LogP contribution in [0.25, 0.3) is 0 Å². The molecule has 2 aliphatic heterocycles. The van der Waals surface area contributed by atoms with Crippen molar-refractivity contribution >= 4 is 11.8 Å². The molecule has 0 unspecified atom stereocenters. The summed E-state index contributed by atoms with van der Waals surface area (Å²) in [4.78, 5) is 31.4. The van der Waals surface area contributed by atoms with Crippen molar-refractivity contribution in [3.05, 3.63) is 72.3 Å². The molecule has 2 aliphatic rings. The van der Waals surface area contributed by atoms with E-state index in [0.29, 0.717) is 50.6 Å². The molecule has 0 aliphatic carbocycles. The Hall–Kier alpha value is -3.72. The minimum absolute atomic E-state index is 0.0477. The molecule has 0 spiro atoms. The highest BCUT2D eigenvalue weighted by Crippen LogP contribution is 2.25. The fourth-order valence-electron chi connectivity index (χ4n) is 4.38. The van der Waals surface area contributed by atoms with Crippen LogP contribution in [0.5, 0.6) is 11.5 Å². The molecule has 1 saturated heterocycles. The lowest BCUT2D eigenvalue weighted by Gasteiger charge is -2.21.